The summed E-state index contributed by atoms with van der Waals surface area (Å²) >= 11 is 0. The van der Waals surface area contributed by atoms with E-state index in [1.807, 2.05) is 24.3 Å². The summed E-state index contributed by atoms with van der Waals surface area (Å²) in [6.45, 7) is 11.0. The summed E-state index contributed by atoms with van der Waals surface area (Å²) < 4.78 is 0. The van der Waals surface area contributed by atoms with E-state index in [2.05, 4.69) is 192 Å². The lowest BCUT2D eigenvalue weighted by Gasteiger charge is -2.38. The smallest absolute Gasteiger partial charge is 0.109 e. The molecule has 0 radical (unpaired) electrons. The SMILES string of the molecule is C=C1/C=C\C=C/N(C2=CC(C3=CC=CCC3)NC(c3ccccc3)N2)c2ccc(C3=C/C=C(\C)N(c4ccccc4)C(=C)\C=C/C=C\C=C\3)cc21. The molecule has 7 rings (SSSR count). The first-order valence-electron chi connectivity index (χ1n) is 17.6. The molecular weight excluding hydrogens is 621 g/mol. The third-order valence-electron chi connectivity index (χ3n) is 9.44. The highest BCUT2D eigenvalue weighted by molar-refractivity contribution is 5.87. The molecule has 0 fully saturated rings. The standard InChI is InChI=1S/C47H44N4/c1-35-19-17-18-32-50(46-34-44(39-22-11-6-12-23-39)48-47(49-46)40-24-13-7-14-25-40)45-31-30-41(33-43(35)45)38-21-10-5-4-9-20-36(2)51(37(3)28-29-38)42-26-15-8-16-27-42/h4-11,13-22,24-34,44,47-49H,1-2,12,23H2,3H3/b5-4-,19-17-,20-9-,21-10+,32-18-,37-28+,38-29+. The second-order valence-electron chi connectivity index (χ2n) is 12.9. The molecule has 3 aliphatic heterocycles. The number of allylic oxidation sites excluding steroid dienone is 17. The summed E-state index contributed by atoms with van der Waals surface area (Å²) in [5.41, 5.74) is 10.9. The predicted molar refractivity (Wildman–Crippen MR) is 217 cm³/mol. The van der Waals surface area contributed by atoms with Gasteiger partial charge in [-0.15, -0.1) is 0 Å². The van der Waals surface area contributed by atoms with Crippen molar-refractivity contribution in [2.24, 2.45) is 0 Å². The first kappa shape index (κ1) is 33.4. The lowest BCUT2D eigenvalue weighted by molar-refractivity contribution is 0.424. The molecule has 4 aliphatic rings. The third kappa shape index (κ3) is 7.72. The van der Waals surface area contributed by atoms with Gasteiger partial charge < -0.3 is 15.1 Å². The highest BCUT2D eigenvalue weighted by atomic mass is 15.3. The van der Waals surface area contributed by atoms with Gasteiger partial charge in [0.1, 0.15) is 12.0 Å². The lowest BCUT2D eigenvalue weighted by atomic mass is 9.94. The van der Waals surface area contributed by atoms with Crippen molar-refractivity contribution in [3.8, 4) is 0 Å². The highest BCUT2D eigenvalue weighted by Crippen LogP contribution is 2.36. The minimum atomic E-state index is -0.0562. The Labute approximate surface area is 302 Å². The van der Waals surface area contributed by atoms with Crippen LogP contribution < -0.4 is 20.4 Å². The number of anilines is 2. The van der Waals surface area contributed by atoms with Crippen LogP contribution in [0.3, 0.4) is 0 Å². The summed E-state index contributed by atoms with van der Waals surface area (Å²) in [6.07, 6.45) is 36.2. The molecule has 2 atom stereocenters. The second-order valence-corrected chi connectivity index (χ2v) is 12.9. The monoisotopic (exact) mass is 664 g/mol. The molecule has 51 heavy (non-hydrogen) atoms. The molecule has 3 aromatic carbocycles. The van der Waals surface area contributed by atoms with Gasteiger partial charge in [-0.3, -0.25) is 5.32 Å². The van der Waals surface area contributed by atoms with Gasteiger partial charge in [-0.25, -0.2) is 0 Å². The molecule has 0 bridgehead atoms. The summed E-state index contributed by atoms with van der Waals surface area (Å²) in [5, 5.41) is 7.69. The van der Waals surface area contributed by atoms with Crippen LogP contribution in [0.2, 0.25) is 0 Å². The second kappa shape index (κ2) is 15.6. The van der Waals surface area contributed by atoms with Gasteiger partial charge >= 0.3 is 0 Å². The molecule has 252 valence electrons. The fourth-order valence-electron chi connectivity index (χ4n) is 6.80. The summed E-state index contributed by atoms with van der Waals surface area (Å²) in [5.74, 6) is 1.03. The van der Waals surface area contributed by atoms with E-state index in [1.165, 1.54) is 11.1 Å². The average molecular weight is 665 g/mol. The van der Waals surface area contributed by atoms with E-state index in [0.717, 1.165) is 63.7 Å². The van der Waals surface area contributed by atoms with E-state index < -0.39 is 0 Å². The topological polar surface area (TPSA) is 30.5 Å². The number of nitrogens with zero attached hydrogens (tertiary/aromatic N) is 2. The van der Waals surface area contributed by atoms with Gasteiger partial charge in [-0.1, -0.05) is 135 Å². The molecule has 0 saturated heterocycles. The van der Waals surface area contributed by atoms with Gasteiger partial charge in [0.15, 0.2) is 0 Å². The van der Waals surface area contributed by atoms with E-state index >= 15 is 0 Å². The van der Waals surface area contributed by atoms with Gasteiger partial charge in [0.25, 0.3) is 0 Å². The summed E-state index contributed by atoms with van der Waals surface area (Å²) in [4.78, 5) is 4.45. The fourth-order valence-corrected chi connectivity index (χ4v) is 6.80. The van der Waals surface area contributed by atoms with Crippen LogP contribution >= 0.6 is 0 Å². The van der Waals surface area contributed by atoms with Crippen LogP contribution in [0, 0.1) is 0 Å². The summed E-state index contributed by atoms with van der Waals surface area (Å²) in [7, 11) is 0. The van der Waals surface area contributed by atoms with E-state index in [0.29, 0.717) is 0 Å². The minimum Gasteiger partial charge on any atom is -0.352 e. The van der Waals surface area contributed by atoms with E-state index in [4.69, 9.17) is 0 Å². The van der Waals surface area contributed by atoms with Crippen molar-refractivity contribution in [2.75, 3.05) is 9.80 Å². The van der Waals surface area contributed by atoms with Crippen molar-refractivity contribution in [1.82, 2.24) is 10.6 Å². The zero-order valence-electron chi connectivity index (χ0n) is 29.1. The van der Waals surface area contributed by atoms with Crippen LogP contribution in [0.4, 0.5) is 11.4 Å². The van der Waals surface area contributed by atoms with Crippen molar-refractivity contribution in [3.63, 3.8) is 0 Å². The van der Waals surface area contributed by atoms with Crippen LogP contribution in [0.15, 0.2) is 212 Å². The Morgan fingerprint density at radius 2 is 1.51 bits per heavy atom. The minimum absolute atomic E-state index is 0.0562. The molecule has 1 aliphatic carbocycles. The van der Waals surface area contributed by atoms with Gasteiger partial charge in [0.2, 0.25) is 0 Å². The number of benzene rings is 3. The molecule has 3 heterocycles. The van der Waals surface area contributed by atoms with Gasteiger partial charge in [-0.2, -0.15) is 0 Å². The van der Waals surface area contributed by atoms with Crippen molar-refractivity contribution < 1.29 is 0 Å². The first-order valence-corrected chi connectivity index (χ1v) is 17.6. The molecule has 2 unspecified atom stereocenters. The molecule has 3 aromatic rings. The Bertz CT molecular complexity index is 2100. The number of para-hydroxylation sites is 1. The first-order chi connectivity index (χ1) is 25.0. The Kier molecular flexibility index (Phi) is 10.2. The van der Waals surface area contributed by atoms with Crippen LogP contribution in [-0.2, 0) is 0 Å². The van der Waals surface area contributed by atoms with Crippen LogP contribution in [0.5, 0.6) is 0 Å². The third-order valence-corrected chi connectivity index (χ3v) is 9.44. The lowest BCUT2D eigenvalue weighted by Crippen LogP contribution is -2.48. The zero-order valence-corrected chi connectivity index (χ0v) is 29.1. The van der Waals surface area contributed by atoms with E-state index in [-0.39, 0.29) is 12.2 Å². The van der Waals surface area contributed by atoms with Crippen LogP contribution in [0.1, 0.15) is 42.6 Å². The summed E-state index contributed by atoms with van der Waals surface area (Å²) in [6, 6.07) is 27.8. The number of hydrogen-bond donors (Lipinski definition) is 2. The Morgan fingerprint density at radius 1 is 0.745 bits per heavy atom. The number of fused-ring (bicyclic) bond motifs is 1. The van der Waals surface area contributed by atoms with Crippen LogP contribution in [0.25, 0.3) is 11.1 Å². The average Bonchev–Trinajstić information content (AvgIpc) is 3.17. The van der Waals surface area contributed by atoms with Crippen molar-refractivity contribution in [3.05, 3.63) is 229 Å². The highest BCUT2D eigenvalue weighted by Gasteiger charge is 2.28. The predicted octanol–water partition coefficient (Wildman–Crippen LogP) is 11.0. The molecule has 0 spiro atoms. The van der Waals surface area contributed by atoms with Crippen LogP contribution in [-0.4, -0.2) is 6.04 Å². The number of hydrogen-bond acceptors (Lipinski definition) is 4. The number of nitrogens with one attached hydrogen (secondary N) is 2. The maximum Gasteiger partial charge on any atom is 0.109 e. The van der Waals surface area contributed by atoms with E-state index in [9.17, 15) is 0 Å². The van der Waals surface area contributed by atoms with Crippen molar-refractivity contribution >= 4 is 22.5 Å². The molecule has 4 nitrogen and oxygen atoms in total. The molecule has 0 amide bonds. The Balaban J connectivity index is 1.29. The van der Waals surface area contributed by atoms with Gasteiger partial charge in [-0.05, 0) is 96.2 Å². The molecule has 2 N–H and O–H groups in total. The molecule has 4 heteroatoms. The quantitative estimate of drug-likeness (QED) is 0.284. The Hall–Kier alpha value is -6.10. The fraction of sp³-hybridized carbons (Fsp3) is 0.106. The maximum atomic E-state index is 4.52. The van der Waals surface area contributed by atoms with Gasteiger partial charge in [0.05, 0.1) is 11.7 Å². The van der Waals surface area contributed by atoms with Crippen molar-refractivity contribution in [1.29, 1.82) is 0 Å². The normalized spacial score (nSPS) is 25.7. The Morgan fingerprint density at radius 3 is 2.29 bits per heavy atom. The van der Waals surface area contributed by atoms with Crippen molar-refractivity contribution in [2.45, 2.75) is 32.0 Å². The molecule has 0 saturated carbocycles. The van der Waals surface area contributed by atoms with Gasteiger partial charge in [0, 0.05) is 28.8 Å². The van der Waals surface area contributed by atoms with E-state index in [1.54, 1.807) is 0 Å². The largest absolute Gasteiger partial charge is 0.352 e. The zero-order chi connectivity index (χ0) is 35.0. The molecule has 0 aromatic heterocycles. The maximum absolute atomic E-state index is 4.52. The number of rotatable bonds is 5. The molecular formula is C47H44N4.